The molecule has 0 spiro atoms. The highest BCUT2D eigenvalue weighted by molar-refractivity contribution is 5.84. The van der Waals surface area contributed by atoms with E-state index in [4.69, 9.17) is 5.73 Å². The van der Waals surface area contributed by atoms with Gasteiger partial charge in [0, 0.05) is 6.54 Å². The van der Waals surface area contributed by atoms with Crippen LogP contribution in [0.2, 0.25) is 0 Å². The smallest absolute Gasteiger partial charge is 0.227 e. The molecule has 92 valence electrons. The second-order valence-corrected chi connectivity index (χ2v) is 4.96. The first-order valence-corrected chi connectivity index (χ1v) is 6.24. The van der Waals surface area contributed by atoms with Crippen molar-refractivity contribution in [1.29, 1.82) is 0 Å². The van der Waals surface area contributed by atoms with E-state index < -0.39 is 0 Å². The monoisotopic (exact) mass is 232 g/mol. The van der Waals surface area contributed by atoms with Gasteiger partial charge in [0.15, 0.2) is 0 Å². The van der Waals surface area contributed by atoms with Gasteiger partial charge in [-0.1, -0.05) is 30.3 Å². The number of benzene rings is 1. The molecule has 1 aliphatic rings. The minimum atomic E-state index is -0.125. The van der Waals surface area contributed by atoms with Crippen molar-refractivity contribution in [1.82, 2.24) is 5.32 Å². The Morgan fingerprint density at radius 3 is 2.53 bits per heavy atom. The fourth-order valence-corrected chi connectivity index (χ4v) is 2.25. The van der Waals surface area contributed by atoms with Gasteiger partial charge in [-0.15, -0.1) is 0 Å². The zero-order valence-electron chi connectivity index (χ0n) is 10.3. The third kappa shape index (κ3) is 2.50. The van der Waals surface area contributed by atoms with Crippen LogP contribution in [0.15, 0.2) is 30.3 Å². The van der Waals surface area contributed by atoms with E-state index >= 15 is 0 Å². The summed E-state index contributed by atoms with van der Waals surface area (Å²) in [5, 5.41) is 3.11. The van der Waals surface area contributed by atoms with Crippen LogP contribution in [0.3, 0.4) is 0 Å². The molecule has 1 atom stereocenters. The van der Waals surface area contributed by atoms with Gasteiger partial charge in [0.25, 0.3) is 0 Å². The van der Waals surface area contributed by atoms with Gasteiger partial charge in [-0.05, 0) is 31.7 Å². The van der Waals surface area contributed by atoms with E-state index in [2.05, 4.69) is 5.32 Å². The maximum Gasteiger partial charge on any atom is 0.227 e. The average Bonchev–Trinajstić information content (AvgIpc) is 2.33. The molecule has 3 heteroatoms. The minimum Gasteiger partial charge on any atom is -0.349 e. The van der Waals surface area contributed by atoms with Crippen LogP contribution in [-0.4, -0.2) is 18.0 Å². The molecule has 0 aliphatic heterocycles. The van der Waals surface area contributed by atoms with Crippen LogP contribution in [0.1, 0.15) is 37.7 Å². The number of rotatable bonds is 4. The largest absolute Gasteiger partial charge is 0.349 e. The average molecular weight is 232 g/mol. The normalized spacial score (nSPS) is 19.2. The lowest BCUT2D eigenvalue weighted by Crippen LogP contribution is -2.58. The first kappa shape index (κ1) is 12.1. The number of amides is 1. The van der Waals surface area contributed by atoms with Crippen molar-refractivity contribution in [2.45, 2.75) is 37.6 Å². The van der Waals surface area contributed by atoms with E-state index in [1.54, 1.807) is 0 Å². The minimum absolute atomic E-state index is 0.0846. The molecule has 17 heavy (non-hydrogen) atoms. The molecule has 0 bridgehead atoms. The first-order valence-electron chi connectivity index (χ1n) is 6.24. The molecule has 1 fully saturated rings. The van der Waals surface area contributed by atoms with Gasteiger partial charge < -0.3 is 11.1 Å². The van der Waals surface area contributed by atoms with Gasteiger partial charge in [-0.25, -0.2) is 0 Å². The summed E-state index contributed by atoms with van der Waals surface area (Å²) in [7, 11) is 0. The molecular weight excluding hydrogens is 212 g/mol. The van der Waals surface area contributed by atoms with Gasteiger partial charge in [0.05, 0.1) is 11.5 Å². The molecule has 1 saturated carbocycles. The Labute approximate surface area is 102 Å². The lowest BCUT2D eigenvalue weighted by atomic mass is 9.76. The molecule has 3 nitrogen and oxygen atoms in total. The molecule has 3 N–H and O–H groups in total. The van der Waals surface area contributed by atoms with E-state index in [9.17, 15) is 4.79 Å². The molecule has 1 amide bonds. The maximum absolute atomic E-state index is 12.1. The molecule has 1 aromatic carbocycles. The molecule has 1 aromatic rings. The van der Waals surface area contributed by atoms with Gasteiger partial charge in [0.1, 0.15) is 0 Å². The predicted octanol–water partition coefficient (Wildman–Crippen LogP) is 1.79. The molecule has 0 radical (unpaired) electrons. The molecule has 1 aliphatic carbocycles. The summed E-state index contributed by atoms with van der Waals surface area (Å²) >= 11 is 0. The number of hydrogen-bond acceptors (Lipinski definition) is 2. The number of carbonyl (C=O) groups excluding carboxylic acids is 1. The summed E-state index contributed by atoms with van der Waals surface area (Å²) < 4.78 is 0. The highest BCUT2D eigenvalue weighted by Crippen LogP contribution is 2.31. The summed E-state index contributed by atoms with van der Waals surface area (Å²) in [6.07, 6.45) is 3.19. The fourth-order valence-electron chi connectivity index (χ4n) is 2.25. The Balaban J connectivity index is 2.01. The second-order valence-electron chi connectivity index (χ2n) is 4.96. The number of nitrogens with two attached hydrogens (primary N) is 1. The third-order valence-corrected chi connectivity index (χ3v) is 3.78. The number of nitrogens with one attached hydrogen (secondary N) is 1. The van der Waals surface area contributed by atoms with Crippen LogP contribution in [0, 0.1) is 0 Å². The summed E-state index contributed by atoms with van der Waals surface area (Å²) in [6, 6.07) is 9.85. The molecular formula is C14H20N2O. The van der Waals surface area contributed by atoms with Crippen molar-refractivity contribution >= 4 is 5.91 Å². The molecule has 1 unspecified atom stereocenters. The highest BCUT2D eigenvalue weighted by Gasteiger charge is 2.37. The van der Waals surface area contributed by atoms with Gasteiger partial charge in [0.2, 0.25) is 5.91 Å². The topological polar surface area (TPSA) is 55.1 Å². The summed E-state index contributed by atoms with van der Waals surface area (Å²) in [5.41, 5.74) is 6.67. The van der Waals surface area contributed by atoms with E-state index in [1.165, 1.54) is 0 Å². The Hall–Kier alpha value is -1.35. The van der Waals surface area contributed by atoms with Gasteiger partial charge >= 0.3 is 0 Å². The maximum atomic E-state index is 12.1. The van der Waals surface area contributed by atoms with Crippen molar-refractivity contribution in [3.05, 3.63) is 35.9 Å². The van der Waals surface area contributed by atoms with Crippen molar-refractivity contribution in [2.75, 3.05) is 6.54 Å². The second kappa shape index (κ2) is 4.88. The van der Waals surface area contributed by atoms with Crippen LogP contribution >= 0.6 is 0 Å². The van der Waals surface area contributed by atoms with Gasteiger partial charge in [-0.2, -0.15) is 0 Å². The standard InChI is InChI=1S/C14H20N2O/c1-11(12-6-3-2-4-7-12)13(17)16-14(10-15)8-5-9-14/h2-4,6-7,11H,5,8-10,15H2,1H3,(H,16,17). The Kier molecular flexibility index (Phi) is 3.48. The Morgan fingerprint density at radius 2 is 2.06 bits per heavy atom. The lowest BCUT2D eigenvalue weighted by molar-refractivity contribution is -0.125. The van der Waals surface area contributed by atoms with Crippen LogP contribution in [-0.2, 0) is 4.79 Å². The Bertz CT molecular complexity index is 379. The van der Waals surface area contributed by atoms with E-state index in [0.29, 0.717) is 6.54 Å². The summed E-state index contributed by atoms with van der Waals surface area (Å²) in [5.74, 6) is -0.0263. The first-order chi connectivity index (χ1) is 8.17. The molecule has 2 rings (SSSR count). The van der Waals surface area contributed by atoms with Crippen LogP contribution in [0.5, 0.6) is 0 Å². The van der Waals surface area contributed by atoms with E-state index in [1.807, 2.05) is 37.3 Å². The van der Waals surface area contributed by atoms with Crippen molar-refractivity contribution < 1.29 is 4.79 Å². The van der Waals surface area contributed by atoms with Crippen LogP contribution < -0.4 is 11.1 Å². The van der Waals surface area contributed by atoms with Crippen LogP contribution in [0.25, 0.3) is 0 Å². The molecule has 0 saturated heterocycles. The van der Waals surface area contributed by atoms with Crippen molar-refractivity contribution in [2.24, 2.45) is 5.73 Å². The van der Waals surface area contributed by atoms with Gasteiger partial charge in [-0.3, -0.25) is 4.79 Å². The molecule has 0 heterocycles. The molecule has 0 aromatic heterocycles. The quantitative estimate of drug-likeness (QED) is 0.831. The number of hydrogen-bond donors (Lipinski definition) is 2. The zero-order valence-corrected chi connectivity index (χ0v) is 10.3. The Morgan fingerprint density at radius 1 is 1.41 bits per heavy atom. The lowest BCUT2D eigenvalue weighted by Gasteiger charge is -2.42. The third-order valence-electron chi connectivity index (χ3n) is 3.78. The van der Waals surface area contributed by atoms with E-state index in [-0.39, 0.29) is 17.4 Å². The zero-order chi connectivity index (χ0) is 12.3. The number of carbonyl (C=O) groups is 1. The van der Waals surface area contributed by atoms with Crippen molar-refractivity contribution in [3.8, 4) is 0 Å². The summed E-state index contributed by atoms with van der Waals surface area (Å²) in [6.45, 7) is 2.48. The van der Waals surface area contributed by atoms with E-state index in [0.717, 1.165) is 24.8 Å². The van der Waals surface area contributed by atoms with Crippen LogP contribution in [0.4, 0.5) is 0 Å². The SMILES string of the molecule is CC(C(=O)NC1(CN)CCC1)c1ccccc1. The van der Waals surface area contributed by atoms with Crippen molar-refractivity contribution in [3.63, 3.8) is 0 Å². The predicted molar refractivity (Wildman–Crippen MR) is 68.6 cm³/mol. The fraction of sp³-hybridized carbons (Fsp3) is 0.500. The summed E-state index contributed by atoms with van der Waals surface area (Å²) in [4.78, 5) is 12.1. The highest BCUT2D eigenvalue weighted by atomic mass is 16.2.